The van der Waals surface area contributed by atoms with Gasteiger partial charge in [0.2, 0.25) is 5.22 Å². The third kappa shape index (κ3) is 1.77. The molecule has 0 spiro atoms. The predicted octanol–water partition coefficient (Wildman–Crippen LogP) is 2.56. The Balaban J connectivity index is 2.11. The summed E-state index contributed by atoms with van der Waals surface area (Å²) in [6, 6.07) is 1.62. The molecule has 0 atom stereocenters. The van der Waals surface area contributed by atoms with Crippen LogP contribution in [0.4, 0.5) is 0 Å². The Morgan fingerprint density at radius 1 is 1.36 bits per heavy atom. The van der Waals surface area contributed by atoms with Gasteiger partial charge < -0.3 is 9.32 Å². The first-order valence-electron chi connectivity index (χ1n) is 4.81. The molecule has 1 aliphatic heterocycles. The average molecular weight is 214 g/mol. The van der Waals surface area contributed by atoms with Crippen LogP contribution in [0.2, 0.25) is 5.22 Å². The second-order valence-electron chi connectivity index (χ2n) is 3.46. The Kier molecular flexibility index (Phi) is 2.77. The Morgan fingerprint density at radius 2 is 2.07 bits per heavy atom. The van der Waals surface area contributed by atoms with Crippen molar-refractivity contribution in [3.8, 4) is 0 Å². The lowest BCUT2D eigenvalue weighted by Crippen LogP contribution is -2.35. The molecule has 14 heavy (non-hydrogen) atoms. The predicted molar refractivity (Wildman–Crippen MR) is 53.5 cm³/mol. The highest BCUT2D eigenvalue weighted by Crippen LogP contribution is 2.20. The van der Waals surface area contributed by atoms with E-state index >= 15 is 0 Å². The molecule has 0 radical (unpaired) electrons. The fraction of sp³-hybridized carbons (Fsp3) is 0.500. The summed E-state index contributed by atoms with van der Waals surface area (Å²) in [5.74, 6) is -0.0107. The maximum absolute atomic E-state index is 11.9. The van der Waals surface area contributed by atoms with Crippen molar-refractivity contribution in [2.24, 2.45) is 0 Å². The van der Waals surface area contributed by atoms with Gasteiger partial charge in [0.15, 0.2) is 0 Å². The van der Waals surface area contributed by atoms with E-state index in [4.69, 9.17) is 16.0 Å². The number of hydrogen-bond donors (Lipinski definition) is 0. The van der Waals surface area contributed by atoms with Crippen LogP contribution in [0.3, 0.4) is 0 Å². The zero-order valence-corrected chi connectivity index (χ0v) is 8.59. The van der Waals surface area contributed by atoms with E-state index < -0.39 is 0 Å². The Labute approximate surface area is 87.6 Å². The van der Waals surface area contributed by atoms with Crippen molar-refractivity contribution in [3.63, 3.8) is 0 Å². The quantitative estimate of drug-likeness (QED) is 0.719. The topological polar surface area (TPSA) is 33.5 Å². The fourth-order valence-corrected chi connectivity index (χ4v) is 1.91. The van der Waals surface area contributed by atoms with Crippen molar-refractivity contribution in [2.45, 2.75) is 19.3 Å². The third-order valence-corrected chi connectivity index (χ3v) is 2.78. The third-order valence-electron chi connectivity index (χ3n) is 2.49. The van der Waals surface area contributed by atoms with E-state index in [0.29, 0.717) is 5.56 Å². The smallest absolute Gasteiger partial charge is 0.258 e. The Hall–Kier alpha value is -0.960. The van der Waals surface area contributed by atoms with Crippen LogP contribution in [0, 0.1) is 0 Å². The molecule has 1 amide bonds. The summed E-state index contributed by atoms with van der Waals surface area (Å²) in [5, 5.41) is 0.195. The van der Waals surface area contributed by atoms with Gasteiger partial charge in [0.1, 0.15) is 0 Å². The van der Waals surface area contributed by atoms with Gasteiger partial charge in [-0.2, -0.15) is 0 Å². The molecular weight excluding hydrogens is 202 g/mol. The summed E-state index contributed by atoms with van der Waals surface area (Å²) in [7, 11) is 0. The molecule has 2 rings (SSSR count). The van der Waals surface area contributed by atoms with Crippen LogP contribution in [0.1, 0.15) is 29.6 Å². The number of rotatable bonds is 1. The molecule has 1 aromatic rings. The van der Waals surface area contributed by atoms with Gasteiger partial charge in [0.05, 0.1) is 11.8 Å². The summed E-state index contributed by atoms with van der Waals surface area (Å²) in [4.78, 5) is 13.7. The van der Waals surface area contributed by atoms with Crippen LogP contribution >= 0.6 is 11.6 Å². The molecule has 1 saturated heterocycles. The number of amides is 1. The van der Waals surface area contributed by atoms with Crippen molar-refractivity contribution in [2.75, 3.05) is 13.1 Å². The lowest BCUT2D eigenvalue weighted by atomic mass is 10.1. The van der Waals surface area contributed by atoms with Gasteiger partial charge in [-0.25, -0.2) is 0 Å². The monoisotopic (exact) mass is 213 g/mol. The van der Waals surface area contributed by atoms with E-state index in [0.717, 1.165) is 25.9 Å². The summed E-state index contributed by atoms with van der Waals surface area (Å²) < 4.78 is 4.89. The van der Waals surface area contributed by atoms with Crippen molar-refractivity contribution >= 4 is 17.5 Å². The molecular formula is C10H12ClNO2. The minimum Gasteiger partial charge on any atom is -0.452 e. The van der Waals surface area contributed by atoms with E-state index in [9.17, 15) is 4.79 Å². The van der Waals surface area contributed by atoms with Gasteiger partial charge in [-0.05, 0) is 36.9 Å². The highest BCUT2D eigenvalue weighted by molar-refractivity contribution is 6.32. The molecule has 0 N–H and O–H groups in total. The molecule has 76 valence electrons. The van der Waals surface area contributed by atoms with Crippen LogP contribution in [-0.4, -0.2) is 23.9 Å². The number of carbonyl (C=O) groups excluding carboxylic acids is 1. The molecule has 1 aliphatic rings. The number of furan rings is 1. The minimum atomic E-state index is -0.0107. The Morgan fingerprint density at radius 3 is 2.64 bits per heavy atom. The van der Waals surface area contributed by atoms with Gasteiger partial charge in [-0.15, -0.1) is 0 Å². The molecule has 1 fully saturated rings. The second kappa shape index (κ2) is 4.05. The van der Waals surface area contributed by atoms with Gasteiger partial charge in [0.25, 0.3) is 5.91 Å². The molecule has 0 saturated carbocycles. The number of nitrogens with zero attached hydrogens (tertiary/aromatic N) is 1. The molecule has 0 bridgehead atoms. The molecule has 0 unspecified atom stereocenters. The second-order valence-corrected chi connectivity index (χ2v) is 3.80. The average Bonchev–Trinajstić information content (AvgIpc) is 2.65. The molecule has 4 heteroatoms. The van der Waals surface area contributed by atoms with Crippen molar-refractivity contribution in [1.82, 2.24) is 4.90 Å². The van der Waals surface area contributed by atoms with Gasteiger partial charge in [-0.3, -0.25) is 4.79 Å². The normalized spacial score (nSPS) is 17.1. The number of halogens is 1. The van der Waals surface area contributed by atoms with Crippen LogP contribution in [-0.2, 0) is 0 Å². The SMILES string of the molecule is O=C(c1ccoc1Cl)N1CCCCC1. The van der Waals surface area contributed by atoms with Crippen molar-refractivity contribution < 1.29 is 9.21 Å². The van der Waals surface area contributed by atoms with Crippen LogP contribution in [0.5, 0.6) is 0 Å². The van der Waals surface area contributed by atoms with Crippen molar-refractivity contribution in [3.05, 3.63) is 23.1 Å². The largest absolute Gasteiger partial charge is 0.452 e. The zero-order chi connectivity index (χ0) is 9.97. The minimum absolute atomic E-state index is 0.0107. The lowest BCUT2D eigenvalue weighted by Gasteiger charge is -2.26. The van der Waals surface area contributed by atoms with E-state index in [1.54, 1.807) is 6.07 Å². The Bertz CT molecular complexity index is 329. The van der Waals surface area contributed by atoms with E-state index in [2.05, 4.69) is 0 Å². The number of carbonyl (C=O) groups is 1. The van der Waals surface area contributed by atoms with Crippen LogP contribution < -0.4 is 0 Å². The van der Waals surface area contributed by atoms with E-state index in [-0.39, 0.29) is 11.1 Å². The first kappa shape index (κ1) is 9.59. The van der Waals surface area contributed by atoms with Gasteiger partial charge in [-0.1, -0.05) is 0 Å². The van der Waals surface area contributed by atoms with Gasteiger partial charge in [0, 0.05) is 13.1 Å². The molecule has 0 aliphatic carbocycles. The lowest BCUT2D eigenvalue weighted by molar-refractivity contribution is 0.0724. The van der Waals surface area contributed by atoms with Gasteiger partial charge >= 0.3 is 0 Å². The maximum atomic E-state index is 11.9. The fourth-order valence-electron chi connectivity index (χ4n) is 1.71. The number of likely N-dealkylation sites (tertiary alicyclic amines) is 1. The first-order valence-corrected chi connectivity index (χ1v) is 5.19. The van der Waals surface area contributed by atoms with Crippen molar-refractivity contribution in [1.29, 1.82) is 0 Å². The highest BCUT2D eigenvalue weighted by atomic mass is 35.5. The number of piperidine rings is 1. The van der Waals surface area contributed by atoms with Crippen LogP contribution in [0.25, 0.3) is 0 Å². The summed E-state index contributed by atoms with van der Waals surface area (Å²) in [6.07, 6.45) is 4.82. The first-order chi connectivity index (χ1) is 6.79. The standard InChI is InChI=1S/C10H12ClNO2/c11-9-8(4-7-14-9)10(13)12-5-2-1-3-6-12/h4,7H,1-3,5-6H2. The number of hydrogen-bond acceptors (Lipinski definition) is 2. The highest BCUT2D eigenvalue weighted by Gasteiger charge is 2.21. The maximum Gasteiger partial charge on any atom is 0.258 e. The molecule has 3 nitrogen and oxygen atoms in total. The molecule has 1 aromatic heterocycles. The summed E-state index contributed by atoms with van der Waals surface area (Å²) >= 11 is 5.74. The van der Waals surface area contributed by atoms with Crippen LogP contribution in [0.15, 0.2) is 16.7 Å². The van der Waals surface area contributed by atoms with E-state index in [1.807, 2.05) is 4.90 Å². The molecule has 0 aromatic carbocycles. The summed E-state index contributed by atoms with van der Waals surface area (Å²) in [5.41, 5.74) is 0.480. The summed E-state index contributed by atoms with van der Waals surface area (Å²) in [6.45, 7) is 1.67. The van der Waals surface area contributed by atoms with E-state index in [1.165, 1.54) is 12.7 Å². The molecule has 2 heterocycles. The zero-order valence-electron chi connectivity index (χ0n) is 7.83.